The third-order valence-corrected chi connectivity index (χ3v) is 1.87. The monoisotopic (exact) mass is 261 g/mol. The molecule has 0 radical (unpaired) electrons. The molecular formula is C13H11NO5. The van der Waals surface area contributed by atoms with Crippen LogP contribution in [-0.4, -0.2) is 22.2 Å². The van der Waals surface area contributed by atoms with Gasteiger partial charge in [0.2, 0.25) is 0 Å². The Morgan fingerprint density at radius 2 is 1.74 bits per heavy atom. The zero-order valence-electron chi connectivity index (χ0n) is 9.76. The highest BCUT2D eigenvalue weighted by atomic mass is 16.6. The fraction of sp³-hybridized carbons (Fsp3) is 0. The van der Waals surface area contributed by atoms with Crippen molar-refractivity contribution in [3.63, 3.8) is 0 Å². The summed E-state index contributed by atoms with van der Waals surface area (Å²) in [6, 6.07) is 7.82. The molecule has 0 unspecified atom stereocenters. The van der Waals surface area contributed by atoms with E-state index in [1.54, 1.807) is 6.26 Å². The molecule has 0 saturated carbocycles. The Labute approximate surface area is 108 Å². The lowest BCUT2D eigenvalue weighted by molar-refractivity contribution is -0.134. The summed E-state index contributed by atoms with van der Waals surface area (Å²) in [4.78, 5) is 23.9. The zero-order chi connectivity index (χ0) is 14.1. The van der Waals surface area contributed by atoms with E-state index in [0.29, 0.717) is 12.2 Å². The van der Waals surface area contributed by atoms with E-state index in [9.17, 15) is 9.59 Å². The van der Waals surface area contributed by atoms with Crippen LogP contribution in [0.1, 0.15) is 0 Å². The van der Waals surface area contributed by atoms with Gasteiger partial charge in [-0.05, 0) is 18.2 Å². The van der Waals surface area contributed by atoms with Crippen molar-refractivity contribution in [1.82, 2.24) is 0 Å². The minimum absolute atomic E-state index is 0.558. The number of carbonyl (C=O) groups is 2. The number of carboxylic acids is 2. The average Bonchev–Trinajstić information content (AvgIpc) is 2.62. The first-order chi connectivity index (χ1) is 9.09. The smallest absolute Gasteiger partial charge is 0.328 e. The number of nitrogens with zero attached hydrogens (tertiary/aromatic N) is 1. The van der Waals surface area contributed by atoms with Crippen molar-refractivity contribution in [2.75, 3.05) is 0 Å². The molecule has 0 fully saturated rings. The highest BCUT2D eigenvalue weighted by molar-refractivity contribution is 5.89. The maximum Gasteiger partial charge on any atom is 0.328 e. The van der Waals surface area contributed by atoms with Gasteiger partial charge in [0.25, 0.3) is 0 Å². The van der Waals surface area contributed by atoms with Gasteiger partial charge < -0.3 is 15.1 Å². The molecule has 0 aromatic heterocycles. The number of carboxylic acid groups (broad SMARTS) is 2. The fourth-order valence-electron chi connectivity index (χ4n) is 1.12. The minimum Gasteiger partial charge on any atom is -0.478 e. The lowest BCUT2D eigenvalue weighted by atomic mass is 10.3. The second-order valence-corrected chi connectivity index (χ2v) is 3.26. The van der Waals surface area contributed by atoms with Gasteiger partial charge in [-0.3, -0.25) is 0 Å². The molecule has 0 saturated heterocycles. The van der Waals surface area contributed by atoms with Crippen LogP contribution < -0.4 is 10.6 Å². The maximum atomic E-state index is 9.55. The lowest BCUT2D eigenvalue weighted by Gasteiger charge is -1.85. The van der Waals surface area contributed by atoms with Crippen LogP contribution in [0.3, 0.4) is 0 Å². The summed E-state index contributed by atoms with van der Waals surface area (Å²) in [6.07, 6.45) is 6.46. The number of fused-ring (bicyclic) bond motifs is 1. The third kappa shape index (κ3) is 5.83. The number of hydrogen-bond donors (Lipinski definition) is 2. The van der Waals surface area contributed by atoms with Gasteiger partial charge in [0.05, 0.1) is 0 Å². The Morgan fingerprint density at radius 3 is 2.37 bits per heavy atom. The Morgan fingerprint density at radius 1 is 1.11 bits per heavy atom. The molecule has 0 spiro atoms. The number of aliphatic carboxylic acids is 2. The second kappa shape index (κ2) is 7.44. The average molecular weight is 261 g/mol. The Hall–Kier alpha value is -2.89. The van der Waals surface area contributed by atoms with Crippen LogP contribution in [0.15, 0.2) is 53.9 Å². The summed E-state index contributed by atoms with van der Waals surface area (Å²) in [5, 5.41) is 21.5. The van der Waals surface area contributed by atoms with Crippen LogP contribution in [-0.2, 0) is 14.4 Å². The highest BCUT2D eigenvalue weighted by Crippen LogP contribution is 1.82. The first-order valence-corrected chi connectivity index (χ1v) is 5.19. The maximum absolute atomic E-state index is 9.55. The van der Waals surface area contributed by atoms with Crippen molar-refractivity contribution < 1.29 is 24.6 Å². The summed E-state index contributed by atoms with van der Waals surface area (Å²) in [5.74, 6) is -2.51. The van der Waals surface area contributed by atoms with Crippen LogP contribution >= 0.6 is 0 Å². The van der Waals surface area contributed by atoms with E-state index in [1.165, 1.54) is 0 Å². The predicted octanol–water partition coefficient (Wildman–Crippen LogP) is 0.257. The zero-order valence-corrected chi connectivity index (χ0v) is 9.76. The van der Waals surface area contributed by atoms with Crippen molar-refractivity contribution in [3.05, 3.63) is 59.3 Å². The molecule has 6 nitrogen and oxygen atoms in total. The predicted molar refractivity (Wildman–Crippen MR) is 66.3 cm³/mol. The molecule has 6 heteroatoms. The molecule has 2 N–H and O–H groups in total. The standard InChI is InChI=1S/C9H7NO.C4H4O4/c1-2-6-9-8(4-1)5-3-7-11-10-9;5-3(6)1-2-4(7)8/h1-7H;1-2H,(H,5,6)(H,7,8)/b;2-1+. The van der Waals surface area contributed by atoms with Gasteiger partial charge >= 0.3 is 11.9 Å². The summed E-state index contributed by atoms with van der Waals surface area (Å²) in [6.45, 7) is 0. The van der Waals surface area contributed by atoms with E-state index in [1.807, 2.05) is 36.4 Å². The third-order valence-electron chi connectivity index (χ3n) is 1.87. The second-order valence-electron chi connectivity index (χ2n) is 3.26. The SMILES string of the molecule is C1=CON=c2ccccc2=C1.O=C(O)/C=C/C(=O)O. The van der Waals surface area contributed by atoms with E-state index >= 15 is 0 Å². The molecule has 98 valence electrons. The molecule has 0 bridgehead atoms. The summed E-state index contributed by atoms with van der Waals surface area (Å²) >= 11 is 0. The van der Waals surface area contributed by atoms with E-state index < -0.39 is 11.9 Å². The number of allylic oxidation sites excluding steroid dienone is 1. The topological polar surface area (TPSA) is 96.2 Å². The molecule has 0 amide bonds. The van der Waals surface area contributed by atoms with Crippen molar-refractivity contribution >= 4 is 18.0 Å². The van der Waals surface area contributed by atoms with Gasteiger partial charge in [-0.25, -0.2) is 9.59 Å². The molecule has 1 aliphatic heterocycles. The first-order valence-electron chi connectivity index (χ1n) is 5.19. The van der Waals surface area contributed by atoms with Crippen LogP contribution in [0.25, 0.3) is 6.08 Å². The number of rotatable bonds is 2. The molecule has 1 aromatic carbocycles. The van der Waals surface area contributed by atoms with Gasteiger partial charge in [-0.2, -0.15) is 0 Å². The van der Waals surface area contributed by atoms with Crippen molar-refractivity contribution in [3.8, 4) is 0 Å². The molecule has 1 heterocycles. The van der Waals surface area contributed by atoms with E-state index in [-0.39, 0.29) is 0 Å². The molecular weight excluding hydrogens is 250 g/mol. The van der Waals surface area contributed by atoms with Gasteiger partial charge in [0.1, 0.15) is 11.6 Å². The fourth-order valence-corrected chi connectivity index (χ4v) is 1.12. The Kier molecular flexibility index (Phi) is 5.55. The van der Waals surface area contributed by atoms with Gasteiger partial charge in [-0.15, -0.1) is 0 Å². The van der Waals surface area contributed by atoms with Crippen LogP contribution in [0, 0.1) is 0 Å². The number of benzene rings is 1. The quantitative estimate of drug-likeness (QED) is 0.744. The van der Waals surface area contributed by atoms with Crippen LogP contribution in [0.2, 0.25) is 0 Å². The summed E-state index contributed by atoms with van der Waals surface area (Å²) < 4.78 is 0. The molecule has 1 aromatic rings. The van der Waals surface area contributed by atoms with Crippen molar-refractivity contribution in [1.29, 1.82) is 0 Å². The van der Waals surface area contributed by atoms with Crippen LogP contribution in [0.5, 0.6) is 0 Å². The normalized spacial score (nSPS) is 11.8. The first kappa shape index (κ1) is 14.2. The Bertz CT molecular complexity index is 615. The minimum atomic E-state index is -1.26. The largest absolute Gasteiger partial charge is 0.478 e. The highest BCUT2D eigenvalue weighted by Gasteiger charge is 1.88. The van der Waals surface area contributed by atoms with E-state index in [4.69, 9.17) is 15.1 Å². The molecule has 0 aliphatic carbocycles. The van der Waals surface area contributed by atoms with Gasteiger partial charge in [0.15, 0.2) is 0 Å². The van der Waals surface area contributed by atoms with E-state index in [2.05, 4.69) is 5.16 Å². The van der Waals surface area contributed by atoms with Crippen molar-refractivity contribution in [2.24, 2.45) is 5.16 Å². The number of hydrogen-bond acceptors (Lipinski definition) is 4. The summed E-state index contributed by atoms with van der Waals surface area (Å²) in [5.41, 5.74) is 0. The molecule has 1 aliphatic rings. The van der Waals surface area contributed by atoms with Gasteiger partial charge in [-0.1, -0.05) is 23.4 Å². The molecule has 19 heavy (non-hydrogen) atoms. The molecule has 2 rings (SSSR count). The van der Waals surface area contributed by atoms with Crippen molar-refractivity contribution in [2.45, 2.75) is 0 Å². The van der Waals surface area contributed by atoms with Gasteiger partial charge in [0, 0.05) is 17.4 Å². The molecule has 0 atom stereocenters. The van der Waals surface area contributed by atoms with Crippen LogP contribution in [0.4, 0.5) is 0 Å². The van der Waals surface area contributed by atoms with E-state index in [0.717, 1.165) is 10.6 Å². The lowest BCUT2D eigenvalue weighted by Crippen LogP contribution is -2.23. The Balaban J connectivity index is 0.000000203. The summed E-state index contributed by atoms with van der Waals surface area (Å²) in [7, 11) is 0.